The molecule has 1 rings (SSSR count). The van der Waals surface area contributed by atoms with Crippen LogP contribution >= 0.6 is 0 Å². The number of hydrogen-bond acceptors (Lipinski definition) is 3. The van der Waals surface area contributed by atoms with E-state index < -0.39 is 0 Å². The van der Waals surface area contributed by atoms with Crippen LogP contribution in [0.2, 0.25) is 0 Å². The van der Waals surface area contributed by atoms with Gasteiger partial charge in [0.2, 0.25) is 12.3 Å². The van der Waals surface area contributed by atoms with Crippen molar-refractivity contribution in [3.63, 3.8) is 0 Å². The number of hydrogen-bond donors (Lipinski definition) is 2. The van der Waals surface area contributed by atoms with Crippen molar-refractivity contribution in [1.82, 2.24) is 0 Å². The highest BCUT2D eigenvalue weighted by molar-refractivity contribution is 5.91. The second kappa shape index (κ2) is 4.99. The summed E-state index contributed by atoms with van der Waals surface area (Å²) in [6, 6.07) is 4.96. The number of amides is 2. The van der Waals surface area contributed by atoms with Crippen molar-refractivity contribution < 1.29 is 14.3 Å². The van der Waals surface area contributed by atoms with Crippen molar-refractivity contribution in [2.75, 3.05) is 17.7 Å². The molecule has 0 fully saturated rings. The van der Waals surface area contributed by atoms with Gasteiger partial charge in [-0.3, -0.25) is 9.59 Å². The van der Waals surface area contributed by atoms with E-state index in [9.17, 15) is 9.59 Å². The van der Waals surface area contributed by atoms with Crippen LogP contribution in [0.3, 0.4) is 0 Å². The minimum atomic E-state index is -0.198. The average molecular weight is 208 g/mol. The number of carbonyl (C=O) groups is 2. The van der Waals surface area contributed by atoms with Crippen LogP contribution in [-0.2, 0) is 9.59 Å². The molecule has 0 heterocycles. The fourth-order valence-electron chi connectivity index (χ4n) is 1.15. The molecule has 0 saturated carbocycles. The van der Waals surface area contributed by atoms with Gasteiger partial charge in [-0.25, -0.2) is 0 Å². The lowest BCUT2D eigenvalue weighted by Gasteiger charge is -2.10. The van der Waals surface area contributed by atoms with Gasteiger partial charge in [0.25, 0.3) is 0 Å². The summed E-state index contributed by atoms with van der Waals surface area (Å²) in [6.07, 6.45) is 0.569. The predicted molar refractivity (Wildman–Crippen MR) is 57.0 cm³/mol. The fourth-order valence-corrected chi connectivity index (χ4v) is 1.15. The van der Waals surface area contributed by atoms with E-state index in [1.165, 1.54) is 14.0 Å². The Kier molecular flexibility index (Phi) is 3.68. The van der Waals surface area contributed by atoms with E-state index in [2.05, 4.69) is 10.6 Å². The summed E-state index contributed by atoms with van der Waals surface area (Å²) in [5.74, 6) is 0.346. The minimum Gasteiger partial charge on any atom is -0.495 e. The number of anilines is 2. The Labute approximate surface area is 87.4 Å². The molecule has 2 amide bonds. The van der Waals surface area contributed by atoms with Gasteiger partial charge in [-0.1, -0.05) is 0 Å². The van der Waals surface area contributed by atoms with Crippen LogP contribution in [0.25, 0.3) is 0 Å². The number of carbonyl (C=O) groups excluding carboxylic acids is 2. The number of rotatable bonds is 4. The van der Waals surface area contributed by atoms with E-state index in [-0.39, 0.29) is 5.91 Å². The number of ether oxygens (including phenoxy) is 1. The molecular weight excluding hydrogens is 196 g/mol. The molecule has 0 radical (unpaired) electrons. The largest absolute Gasteiger partial charge is 0.495 e. The maximum atomic E-state index is 10.9. The van der Waals surface area contributed by atoms with E-state index >= 15 is 0 Å². The van der Waals surface area contributed by atoms with Crippen molar-refractivity contribution in [2.24, 2.45) is 0 Å². The maximum absolute atomic E-state index is 10.9. The summed E-state index contributed by atoms with van der Waals surface area (Å²) in [6.45, 7) is 1.40. The summed E-state index contributed by atoms with van der Waals surface area (Å²) in [4.78, 5) is 21.1. The van der Waals surface area contributed by atoms with Crippen LogP contribution in [-0.4, -0.2) is 19.4 Å². The zero-order valence-electron chi connectivity index (χ0n) is 8.53. The Morgan fingerprint density at radius 3 is 2.73 bits per heavy atom. The van der Waals surface area contributed by atoms with Crippen molar-refractivity contribution in [3.05, 3.63) is 18.2 Å². The fraction of sp³-hybridized carbons (Fsp3) is 0.200. The topological polar surface area (TPSA) is 67.4 Å². The molecule has 5 heteroatoms. The average Bonchev–Trinajstić information content (AvgIpc) is 2.18. The first kappa shape index (κ1) is 11.0. The molecule has 1 aromatic rings. The standard InChI is InChI=1S/C10H12N2O3/c1-7(14)12-9-5-8(11-6-13)3-4-10(9)15-2/h3-6H,1-2H3,(H,11,13)(H,12,14). The Balaban J connectivity index is 3.01. The molecule has 0 atom stereocenters. The predicted octanol–water partition coefficient (Wildman–Crippen LogP) is 1.22. The highest BCUT2D eigenvalue weighted by Gasteiger charge is 2.05. The zero-order chi connectivity index (χ0) is 11.3. The number of benzene rings is 1. The molecule has 1 aromatic carbocycles. The number of nitrogens with one attached hydrogen (secondary N) is 2. The van der Waals surface area contributed by atoms with Gasteiger partial charge in [-0.05, 0) is 18.2 Å². The second-order valence-electron chi connectivity index (χ2n) is 2.86. The normalized spacial score (nSPS) is 9.20. The second-order valence-corrected chi connectivity index (χ2v) is 2.86. The molecule has 0 aromatic heterocycles. The first-order valence-corrected chi connectivity index (χ1v) is 4.33. The molecule has 0 bridgehead atoms. The first-order chi connectivity index (χ1) is 7.17. The van der Waals surface area contributed by atoms with Crippen molar-refractivity contribution in [2.45, 2.75) is 6.92 Å². The van der Waals surface area contributed by atoms with E-state index in [4.69, 9.17) is 4.74 Å². The molecule has 0 aliphatic heterocycles. The summed E-state index contributed by atoms with van der Waals surface area (Å²) >= 11 is 0. The quantitative estimate of drug-likeness (QED) is 0.731. The van der Waals surface area contributed by atoms with Crippen molar-refractivity contribution in [3.8, 4) is 5.75 Å². The Morgan fingerprint density at radius 2 is 2.20 bits per heavy atom. The number of methoxy groups -OCH3 is 1. The molecule has 2 N–H and O–H groups in total. The summed E-state index contributed by atoms with van der Waals surface area (Å²) in [7, 11) is 1.51. The van der Waals surface area contributed by atoms with Gasteiger partial charge in [0.15, 0.2) is 0 Å². The monoisotopic (exact) mass is 208 g/mol. The Morgan fingerprint density at radius 1 is 1.47 bits per heavy atom. The third-order valence-corrected chi connectivity index (χ3v) is 1.74. The van der Waals surface area contributed by atoms with E-state index in [1.807, 2.05) is 0 Å². The van der Waals surface area contributed by atoms with Crippen molar-refractivity contribution >= 4 is 23.7 Å². The van der Waals surface area contributed by atoms with E-state index in [0.29, 0.717) is 23.5 Å². The van der Waals surface area contributed by atoms with Gasteiger partial charge in [-0.2, -0.15) is 0 Å². The Bertz CT molecular complexity index is 377. The van der Waals surface area contributed by atoms with Crippen LogP contribution in [0.1, 0.15) is 6.92 Å². The third-order valence-electron chi connectivity index (χ3n) is 1.74. The molecule has 0 aliphatic rings. The third kappa shape index (κ3) is 2.98. The van der Waals surface area contributed by atoms with Gasteiger partial charge in [0.1, 0.15) is 5.75 Å². The van der Waals surface area contributed by atoms with Crippen LogP contribution in [0, 0.1) is 0 Å². The molecule has 0 aliphatic carbocycles. The van der Waals surface area contributed by atoms with Crippen LogP contribution in [0.4, 0.5) is 11.4 Å². The van der Waals surface area contributed by atoms with E-state index in [1.54, 1.807) is 18.2 Å². The lowest BCUT2D eigenvalue weighted by molar-refractivity contribution is -0.114. The maximum Gasteiger partial charge on any atom is 0.221 e. The highest BCUT2D eigenvalue weighted by atomic mass is 16.5. The van der Waals surface area contributed by atoms with Gasteiger partial charge < -0.3 is 15.4 Å². The molecule has 0 spiro atoms. The summed E-state index contributed by atoms with van der Waals surface area (Å²) in [5.41, 5.74) is 1.12. The van der Waals surface area contributed by atoms with E-state index in [0.717, 1.165) is 0 Å². The molecule has 0 unspecified atom stereocenters. The molecule has 15 heavy (non-hydrogen) atoms. The van der Waals surface area contributed by atoms with Gasteiger partial charge in [0, 0.05) is 12.6 Å². The summed E-state index contributed by atoms with van der Waals surface area (Å²) in [5, 5.41) is 5.09. The lowest BCUT2D eigenvalue weighted by atomic mass is 10.2. The first-order valence-electron chi connectivity index (χ1n) is 4.33. The molecule has 5 nitrogen and oxygen atoms in total. The van der Waals surface area contributed by atoms with Crippen LogP contribution in [0.15, 0.2) is 18.2 Å². The van der Waals surface area contributed by atoms with Gasteiger partial charge in [-0.15, -0.1) is 0 Å². The zero-order valence-corrected chi connectivity index (χ0v) is 8.53. The smallest absolute Gasteiger partial charge is 0.221 e. The van der Waals surface area contributed by atoms with Crippen molar-refractivity contribution in [1.29, 1.82) is 0 Å². The minimum absolute atomic E-state index is 0.198. The summed E-state index contributed by atoms with van der Waals surface area (Å²) < 4.78 is 5.05. The Hall–Kier alpha value is -2.04. The lowest BCUT2D eigenvalue weighted by Crippen LogP contribution is -2.07. The van der Waals surface area contributed by atoms with Gasteiger partial charge >= 0.3 is 0 Å². The molecule has 0 saturated heterocycles. The SMILES string of the molecule is COc1ccc(NC=O)cc1NC(C)=O. The molecular formula is C10H12N2O3. The molecule has 80 valence electrons. The highest BCUT2D eigenvalue weighted by Crippen LogP contribution is 2.27. The van der Waals surface area contributed by atoms with Crippen LogP contribution < -0.4 is 15.4 Å². The van der Waals surface area contributed by atoms with Gasteiger partial charge in [0.05, 0.1) is 12.8 Å². The van der Waals surface area contributed by atoms with Crippen LogP contribution in [0.5, 0.6) is 5.75 Å².